The van der Waals surface area contributed by atoms with Crippen molar-refractivity contribution >= 4 is 18.1 Å². The Bertz CT molecular complexity index is 1790. The number of rotatable bonds is 13. The minimum absolute atomic E-state index is 0.0988. The lowest BCUT2D eigenvalue weighted by molar-refractivity contribution is -0.134. The summed E-state index contributed by atoms with van der Waals surface area (Å²) in [7, 11) is 2.89. The number of carbonyl (C=O) groups is 3. The lowest BCUT2D eigenvalue weighted by atomic mass is 10.0. The van der Waals surface area contributed by atoms with Crippen LogP contribution in [0.5, 0.6) is 0 Å². The van der Waals surface area contributed by atoms with E-state index < -0.39 is 18.2 Å². The van der Waals surface area contributed by atoms with Crippen LogP contribution in [0.25, 0.3) is 33.6 Å². The predicted molar refractivity (Wildman–Crippen MR) is 191 cm³/mol. The molecule has 2 aliphatic heterocycles. The second-order valence-corrected chi connectivity index (χ2v) is 13.1. The van der Waals surface area contributed by atoms with Crippen molar-refractivity contribution in [1.82, 2.24) is 40.4 Å². The number of aromatic nitrogens is 4. The van der Waals surface area contributed by atoms with Crippen LogP contribution in [0.3, 0.4) is 0 Å². The van der Waals surface area contributed by atoms with Crippen LogP contribution in [0.1, 0.15) is 62.8 Å². The lowest BCUT2D eigenvalue weighted by Crippen LogP contribution is -2.46. The second kappa shape index (κ2) is 16.2. The van der Waals surface area contributed by atoms with E-state index in [9.17, 15) is 19.5 Å². The van der Waals surface area contributed by atoms with E-state index in [2.05, 4.69) is 83.8 Å². The van der Waals surface area contributed by atoms with Gasteiger partial charge in [-0.2, -0.15) is 0 Å². The maximum absolute atomic E-state index is 13.1. The van der Waals surface area contributed by atoms with E-state index in [1.54, 1.807) is 25.1 Å². The molecule has 0 radical (unpaired) electrons. The van der Waals surface area contributed by atoms with Crippen molar-refractivity contribution in [2.45, 2.75) is 63.2 Å². The molecule has 14 nitrogen and oxygen atoms in total. The van der Waals surface area contributed by atoms with Crippen LogP contribution in [0.4, 0.5) is 9.59 Å². The third-order valence-corrected chi connectivity index (χ3v) is 9.79. The number of ether oxygens (including phenoxy) is 2. The van der Waals surface area contributed by atoms with Crippen LogP contribution in [0, 0.1) is 0 Å². The Balaban J connectivity index is 1.08. The number of carboxylic acid groups (broad SMARTS) is 1. The summed E-state index contributed by atoms with van der Waals surface area (Å²) in [6, 6.07) is 15.6. The Kier molecular flexibility index (Phi) is 11.3. The Morgan fingerprint density at radius 3 is 1.96 bits per heavy atom. The van der Waals surface area contributed by atoms with Gasteiger partial charge in [-0.05, 0) is 67.8 Å². The molecule has 0 spiro atoms. The van der Waals surface area contributed by atoms with Gasteiger partial charge in [-0.15, -0.1) is 0 Å². The summed E-state index contributed by atoms with van der Waals surface area (Å²) in [5.74, 6) is 1.45. The smallest absolute Gasteiger partial charge is 0.407 e. The standard InChI is InChI=1S/C37H46N8O6/c1-23(40-37(49)51-3)35(46)45-18-5-7-32(45)34-39-21-30(43-34)27-14-10-25(11-15-27)24-8-12-26(13-9-24)29-20-38-33(42-29)31-6-4-17-44(31)22-28(16-19-50-2)41-36(47)48/h8-15,20-21,23,28,31-32,41H,4-7,16-19,22H2,1-3H3,(H,38,42)(H,39,43)(H,40,49)(H,47,48)/t23-,28-,31-,32-/m0/s1. The molecular weight excluding hydrogens is 652 g/mol. The van der Waals surface area contributed by atoms with Gasteiger partial charge in [0.2, 0.25) is 5.91 Å². The molecule has 2 fully saturated rings. The van der Waals surface area contributed by atoms with E-state index in [0.29, 0.717) is 26.1 Å². The molecule has 2 saturated heterocycles. The summed E-state index contributed by atoms with van der Waals surface area (Å²) >= 11 is 0. The van der Waals surface area contributed by atoms with Gasteiger partial charge in [0.1, 0.15) is 17.7 Å². The quantitative estimate of drug-likeness (QED) is 0.123. The number of imidazole rings is 2. The van der Waals surface area contributed by atoms with Crippen LogP contribution >= 0.6 is 0 Å². The molecule has 2 aliphatic rings. The number of hydrogen-bond acceptors (Lipinski definition) is 8. The largest absolute Gasteiger partial charge is 0.465 e. The van der Waals surface area contributed by atoms with Gasteiger partial charge in [0.25, 0.3) is 0 Å². The van der Waals surface area contributed by atoms with Gasteiger partial charge in [0.05, 0.1) is 43.0 Å². The minimum Gasteiger partial charge on any atom is -0.465 e. The van der Waals surface area contributed by atoms with Crippen molar-refractivity contribution in [3.8, 4) is 33.6 Å². The Morgan fingerprint density at radius 2 is 1.39 bits per heavy atom. The number of hydrogen-bond donors (Lipinski definition) is 5. The summed E-state index contributed by atoms with van der Waals surface area (Å²) < 4.78 is 9.83. The fourth-order valence-corrected chi connectivity index (χ4v) is 7.13. The number of nitrogens with one attached hydrogen (secondary N) is 4. The number of likely N-dealkylation sites (tertiary alicyclic amines) is 2. The summed E-state index contributed by atoms with van der Waals surface area (Å²) in [4.78, 5) is 56.4. The van der Waals surface area contributed by atoms with Crippen LogP contribution in [-0.2, 0) is 14.3 Å². The van der Waals surface area contributed by atoms with E-state index >= 15 is 0 Å². The van der Waals surface area contributed by atoms with Gasteiger partial charge >= 0.3 is 12.2 Å². The summed E-state index contributed by atoms with van der Waals surface area (Å²) in [5, 5.41) is 14.5. The zero-order valence-corrected chi connectivity index (χ0v) is 29.2. The molecule has 0 aliphatic carbocycles. The molecule has 51 heavy (non-hydrogen) atoms. The van der Waals surface area contributed by atoms with Gasteiger partial charge < -0.3 is 40.1 Å². The molecule has 4 aromatic rings. The average molecular weight is 699 g/mol. The van der Waals surface area contributed by atoms with Crippen molar-refractivity contribution in [3.05, 3.63) is 72.6 Å². The molecule has 6 rings (SSSR count). The highest BCUT2D eigenvalue weighted by Crippen LogP contribution is 2.34. The molecule has 0 saturated carbocycles. The maximum atomic E-state index is 13.1. The first kappa shape index (κ1) is 35.6. The first-order valence-electron chi connectivity index (χ1n) is 17.4. The molecule has 2 aromatic heterocycles. The summed E-state index contributed by atoms with van der Waals surface area (Å²) in [6.07, 6.45) is 6.24. The molecule has 5 N–H and O–H groups in total. The summed E-state index contributed by atoms with van der Waals surface area (Å²) in [5.41, 5.74) is 5.98. The monoisotopic (exact) mass is 698 g/mol. The van der Waals surface area contributed by atoms with Gasteiger partial charge in [-0.3, -0.25) is 9.69 Å². The normalized spacial score (nSPS) is 18.8. The van der Waals surface area contributed by atoms with E-state index in [-0.39, 0.29) is 24.0 Å². The number of aromatic amines is 2. The maximum Gasteiger partial charge on any atom is 0.407 e. The highest BCUT2D eigenvalue weighted by atomic mass is 16.5. The second-order valence-electron chi connectivity index (χ2n) is 13.1. The zero-order chi connectivity index (χ0) is 35.9. The molecule has 4 heterocycles. The minimum atomic E-state index is -1.02. The third kappa shape index (κ3) is 8.40. The molecule has 14 heteroatoms. The molecule has 4 atom stereocenters. The lowest BCUT2D eigenvalue weighted by Gasteiger charge is -2.27. The molecule has 270 valence electrons. The molecule has 0 bridgehead atoms. The Morgan fingerprint density at radius 1 is 0.843 bits per heavy atom. The molecule has 3 amide bonds. The van der Waals surface area contributed by atoms with Crippen LogP contribution in [0.2, 0.25) is 0 Å². The Hall–Kier alpha value is -5.21. The van der Waals surface area contributed by atoms with Crippen molar-refractivity contribution in [3.63, 3.8) is 0 Å². The van der Waals surface area contributed by atoms with Gasteiger partial charge in [0, 0.05) is 32.8 Å². The predicted octanol–water partition coefficient (Wildman–Crippen LogP) is 5.35. The fraction of sp³-hybridized carbons (Fsp3) is 0.432. The van der Waals surface area contributed by atoms with Gasteiger partial charge in [-0.1, -0.05) is 48.5 Å². The third-order valence-electron chi connectivity index (χ3n) is 9.79. The molecule has 2 aromatic carbocycles. The topological polar surface area (TPSA) is 178 Å². The number of methoxy groups -OCH3 is 2. The van der Waals surface area contributed by atoms with E-state index in [4.69, 9.17) is 9.72 Å². The Labute approximate surface area is 297 Å². The van der Waals surface area contributed by atoms with Crippen molar-refractivity contribution in [1.29, 1.82) is 0 Å². The van der Waals surface area contributed by atoms with Crippen LogP contribution in [0.15, 0.2) is 60.9 Å². The number of H-pyrrole nitrogens is 2. The SMILES string of the molecule is COCC[C@@H](CN1CCC[C@H]1c1ncc(-c2ccc(-c3ccc(-c4cnc([C@@H]5CCCN5C(=O)[C@H](C)NC(=O)OC)[nH]4)cc3)cc2)[nH]1)NC(=O)O. The fourth-order valence-electron chi connectivity index (χ4n) is 7.13. The van der Waals surface area contributed by atoms with E-state index in [1.807, 2.05) is 6.20 Å². The average Bonchev–Trinajstić information content (AvgIpc) is 3.97. The number of benzene rings is 2. The first-order valence-corrected chi connectivity index (χ1v) is 17.4. The van der Waals surface area contributed by atoms with Gasteiger partial charge in [-0.25, -0.2) is 19.6 Å². The number of alkyl carbamates (subject to hydrolysis) is 1. The van der Waals surface area contributed by atoms with Crippen molar-refractivity contribution in [2.75, 3.05) is 40.5 Å². The molecule has 0 unspecified atom stereocenters. The van der Waals surface area contributed by atoms with Gasteiger partial charge in [0.15, 0.2) is 0 Å². The number of amides is 3. The van der Waals surface area contributed by atoms with E-state index in [0.717, 1.165) is 77.5 Å². The summed E-state index contributed by atoms with van der Waals surface area (Å²) in [6.45, 7) is 4.23. The number of carbonyl (C=O) groups excluding carboxylic acids is 2. The van der Waals surface area contributed by atoms with Crippen LogP contribution < -0.4 is 10.6 Å². The number of nitrogens with zero attached hydrogens (tertiary/aromatic N) is 4. The van der Waals surface area contributed by atoms with Crippen LogP contribution in [-0.4, -0.2) is 105 Å². The zero-order valence-electron chi connectivity index (χ0n) is 29.2. The van der Waals surface area contributed by atoms with E-state index in [1.165, 1.54) is 7.11 Å². The van der Waals surface area contributed by atoms with Crippen molar-refractivity contribution in [2.24, 2.45) is 0 Å². The highest BCUT2D eigenvalue weighted by molar-refractivity contribution is 5.85. The van der Waals surface area contributed by atoms with Crippen molar-refractivity contribution < 1.29 is 29.0 Å². The molecular formula is C37H46N8O6. The first-order chi connectivity index (χ1) is 24.7. The highest BCUT2D eigenvalue weighted by Gasteiger charge is 2.35.